The number of fused-ring (bicyclic) bond motifs is 5. The first-order valence-electron chi connectivity index (χ1n) is 11.0. The highest BCUT2D eigenvalue weighted by Gasteiger charge is 2.35. The van der Waals surface area contributed by atoms with E-state index in [0.29, 0.717) is 18.0 Å². The molecule has 0 N–H and O–H groups in total. The highest BCUT2D eigenvalue weighted by Crippen LogP contribution is 2.46. The first kappa shape index (κ1) is 20.3. The maximum Gasteiger partial charge on any atom is 0.231 e. The minimum Gasteiger partial charge on any atom is -0.493 e. The van der Waals surface area contributed by atoms with E-state index in [1.807, 2.05) is 6.07 Å². The van der Waals surface area contributed by atoms with Crippen molar-refractivity contribution >= 4 is 0 Å². The van der Waals surface area contributed by atoms with E-state index in [1.54, 1.807) is 7.11 Å². The molecule has 0 radical (unpaired) electrons. The van der Waals surface area contributed by atoms with Crippen LogP contribution in [0, 0.1) is 11.6 Å². The number of nitrogens with zero attached hydrogens (tertiary/aromatic N) is 1. The Hall–Kier alpha value is -3.32. The van der Waals surface area contributed by atoms with Gasteiger partial charge in [0.25, 0.3) is 0 Å². The first-order chi connectivity index (χ1) is 16.1. The van der Waals surface area contributed by atoms with Gasteiger partial charge in [-0.05, 0) is 65.9 Å². The molecule has 0 amide bonds. The summed E-state index contributed by atoms with van der Waals surface area (Å²) in [7, 11) is 1.59. The van der Waals surface area contributed by atoms with Gasteiger partial charge in [-0.1, -0.05) is 6.07 Å². The van der Waals surface area contributed by atoms with Crippen molar-refractivity contribution < 1.29 is 27.7 Å². The van der Waals surface area contributed by atoms with E-state index in [1.165, 1.54) is 17.2 Å². The standard InChI is InChI=1S/C26H23F2NO4/c1-30-23-5-2-15-9-22-19-11-25-24(32-14-33-25)10-16(19)6-7-29(22)12-20(15)26(23)31-13-17-8-18(27)3-4-21(17)28/h2-5,8,10-11,22H,6-7,9,12-14H2,1H3. The van der Waals surface area contributed by atoms with E-state index in [9.17, 15) is 8.78 Å². The Balaban J connectivity index is 1.33. The van der Waals surface area contributed by atoms with Gasteiger partial charge in [-0.2, -0.15) is 0 Å². The molecule has 3 aromatic carbocycles. The third-order valence-corrected chi connectivity index (χ3v) is 6.80. The van der Waals surface area contributed by atoms with Crippen molar-refractivity contribution in [2.24, 2.45) is 0 Å². The second-order valence-corrected chi connectivity index (χ2v) is 8.60. The lowest BCUT2D eigenvalue weighted by atomic mass is 9.83. The lowest BCUT2D eigenvalue weighted by Crippen LogP contribution is -2.39. The highest BCUT2D eigenvalue weighted by molar-refractivity contribution is 5.55. The molecule has 0 aliphatic carbocycles. The van der Waals surface area contributed by atoms with Gasteiger partial charge in [0.05, 0.1) is 7.11 Å². The minimum absolute atomic E-state index is 0.0772. The number of hydrogen-bond acceptors (Lipinski definition) is 5. The third kappa shape index (κ3) is 3.47. The molecule has 5 nitrogen and oxygen atoms in total. The van der Waals surface area contributed by atoms with Crippen LogP contribution in [0.1, 0.15) is 33.9 Å². The van der Waals surface area contributed by atoms with Crippen LogP contribution < -0.4 is 18.9 Å². The Labute approximate surface area is 190 Å². The molecule has 3 heterocycles. The van der Waals surface area contributed by atoms with Gasteiger partial charge >= 0.3 is 0 Å². The summed E-state index contributed by atoms with van der Waals surface area (Å²) in [4.78, 5) is 2.43. The zero-order chi connectivity index (χ0) is 22.5. The normalized spacial score (nSPS) is 18.3. The van der Waals surface area contributed by atoms with Gasteiger partial charge in [0, 0.05) is 30.3 Å². The van der Waals surface area contributed by atoms with Gasteiger partial charge in [-0.3, -0.25) is 4.90 Å². The average Bonchev–Trinajstić information content (AvgIpc) is 3.29. The number of methoxy groups -OCH3 is 1. The number of rotatable bonds is 4. The Morgan fingerprint density at radius 3 is 2.73 bits per heavy atom. The van der Waals surface area contributed by atoms with Crippen molar-refractivity contribution in [1.82, 2.24) is 4.90 Å². The molecule has 0 saturated carbocycles. The summed E-state index contributed by atoms with van der Waals surface area (Å²) in [6.45, 7) is 1.78. The molecule has 0 fully saturated rings. The molecule has 0 saturated heterocycles. The summed E-state index contributed by atoms with van der Waals surface area (Å²) in [5.41, 5.74) is 4.95. The fourth-order valence-electron chi connectivity index (χ4n) is 5.12. The molecular weight excluding hydrogens is 428 g/mol. The van der Waals surface area contributed by atoms with Crippen molar-refractivity contribution in [1.29, 1.82) is 0 Å². The van der Waals surface area contributed by atoms with E-state index >= 15 is 0 Å². The van der Waals surface area contributed by atoms with Crippen LogP contribution in [0.3, 0.4) is 0 Å². The topological polar surface area (TPSA) is 40.2 Å². The molecule has 33 heavy (non-hydrogen) atoms. The summed E-state index contributed by atoms with van der Waals surface area (Å²) in [6.07, 6.45) is 1.74. The molecule has 3 aromatic rings. The SMILES string of the molecule is COc1ccc2c(c1OCc1cc(F)ccc1F)CN1CCc3cc4c(cc3C1C2)OCO4. The van der Waals surface area contributed by atoms with E-state index in [4.69, 9.17) is 18.9 Å². The van der Waals surface area contributed by atoms with Crippen LogP contribution >= 0.6 is 0 Å². The first-order valence-corrected chi connectivity index (χ1v) is 11.0. The molecule has 170 valence electrons. The van der Waals surface area contributed by atoms with Crippen LogP contribution in [0.4, 0.5) is 8.78 Å². The Morgan fingerprint density at radius 1 is 1.03 bits per heavy atom. The van der Waals surface area contributed by atoms with Crippen LogP contribution in [0.2, 0.25) is 0 Å². The molecule has 1 unspecified atom stereocenters. The minimum atomic E-state index is -0.494. The maximum atomic E-state index is 14.1. The summed E-state index contributed by atoms with van der Waals surface area (Å²) < 4.78 is 50.6. The van der Waals surface area contributed by atoms with Crippen molar-refractivity contribution in [2.75, 3.05) is 20.4 Å². The maximum absolute atomic E-state index is 14.1. The lowest BCUT2D eigenvalue weighted by Gasteiger charge is -2.42. The van der Waals surface area contributed by atoms with Crippen LogP contribution in [0.15, 0.2) is 42.5 Å². The van der Waals surface area contributed by atoms with Gasteiger partial charge in [0.1, 0.15) is 18.2 Å². The Bertz CT molecular complexity index is 1250. The number of benzene rings is 3. The molecule has 0 bridgehead atoms. The molecule has 7 heteroatoms. The van der Waals surface area contributed by atoms with Crippen molar-refractivity contribution in [3.63, 3.8) is 0 Å². The van der Waals surface area contributed by atoms with Gasteiger partial charge in [0.15, 0.2) is 23.0 Å². The van der Waals surface area contributed by atoms with Crippen LogP contribution in [0.5, 0.6) is 23.0 Å². The summed E-state index contributed by atoms with van der Waals surface area (Å²) >= 11 is 0. The van der Waals surface area contributed by atoms with E-state index in [-0.39, 0.29) is 25.0 Å². The van der Waals surface area contributed by atoms with E-state index in [0.717, 1.165) is 54.1 Å². The summed E-state index contributed by atoms with van der Waals surface area (Å²) in [5, 5.41) is 0. The number of hydrogen-bond donors (Lipinski definition) is 0. The fraction of sp³-hybridized carbons (Fsp3) is 0.308. The lowest BCUT2D eigenvalue weighted by molar-refractivity contribution is 0.155. The van der Waals surface area contributed by atoms with Crippen LogP contribution in [0.25, 0.3) is 0 Å². The van der Waals surface area contributed by atoms with Crippen LogP contribution in [-0.2, 0) is 26.0 Å². The van der Waals surface area contributed by atoms with E-state index < -0.39 is 11.6 Å². The molecule has 3 aliphatic rings. The van der Waals surface area contributed by atoms with Gasteiger partial charge in [-0.15, -0.1) is 0 Å². The molecule has 0 spiro atoms. The van der Waals surface area contributed by atoms with E-state index in [2.05, 4.69) is 23.1 Å². The molecule has 0 aromatic heterocycles. The second kappa shape index (κ2) is 7.92. The predicted octanol–water partition coefficient (Wildman–Crippen LogP) is 4.94. The van der Waals surface area contributed by atoms with Crippen LogP contribution in [-0.4, -0.2) is 25.3 Å². The molecule has 6 rings (SSSR count). The Kier molecular flexibility index (Phi) is 4.87. The second-order valence-electron chi connectivity index (χ2n) is 8.60. The summed E-state index contributed by atoms with van der Waals surface area (Å²) in [5.74, 6) is 1.82. The largest absolute Gasteiger partial charge is 0.493 e. The zero-order valence-electron chi connectivity index (χ0n) is 18.2. The number of halogens is 2. The smallest absolute Gasteiger partial charge is 0.231 e. The molecular formula is C26H23F2NO4. The summed E-state index contributed by atoms with van der Waals surface area (Å²) in [6, 6.07) is 11.8. The quantitative estimate of drug-likeness (QED) is 0.562. The Morgan fingerprint density at radius 2 is 1.88 bits per heavy atom. The molecule has 1 atom stereocenters. The van der Waals surface area contributed by atoms with Gasteiger partial charge in [-0.25, -0.2) is 8.78 Å². The average molecular weight is 451 g/mol. The van der Waals surface area contributed by atoms with Crippen molar-refractivity contribution in [3.8, 4) is 23.0 Å². The fourth-order valence-corrected chi connectivity index (χ4v) is 5.12. The van der Waals surface area contributed by atoms with Crippen molar-refractivity contribution in [2.45, 2.75) is 32.0 Å². The van der Waals surface area contributed by atoms with Crippen molar-refractivity contribution in [3.05, 3.63) is 81.9 Å². The van der Waals surface area contributed by atoms with Gasteiger partial charge in [0.2, 0.25) is 6.79 Å². The van der Waals surface area contributed by atoms with Gasteiger partial charge < -0.3 is 18.9 Å². The molecule has 3 aliphatic heterocycles. The third-order valence-electron chi connectivity index (χ3n) is 6.80. The monoisotopic (exact) mass is 451 g/mol. The highest BCUT2D eigenvalue weighted by atomic mass is 19.1. The predicted molar refractivity (Wildman–Crippen MR) is 117 cm³/mol. The zero-order valence-corrected chi connectivity index (χ0v) is 18.2. The number of ether oxygens (including phenoxy) is 4.